The van der Waals surface area contributed by atoms with Gasteiger partial charge in [-0.25, -0.2) is 4.39 Å². The Morgan fingerprint density at radius 3 is 2.43 bits per heavy atom. The van der Waals surface area contributed by atoms with Crippen LogP contribution in [-0.2, 0) is 14.3 Å². The maximum Gasteiger partial charge on any atom is 0.309 e. The summed E-state index contributed by atoms with van der Waals surface area (Å²) in [5, 5.41) is 2.59. The number of ether oxygens (including phenoxy) is 1. The molecule has 114 valence electrons. The van der Waals surface area contributed by atoms with Crippen molar-refractivity contribution in [2.75, 3.05) is 5.32 Å². The third kappa shape index (κ3) is 4.55. The van der Waals surface area contributed by atoms with Gasteiger partial charge >= 0.3 is 5.97 Å². The van der Waals surface area contributed by atoms with Crippen molar-refractivity contribution in [1.82, 2.24) is 0 Å². The minimum atomic E-state index is -0.857. The van der Waals surface area contributed by atoms with Crippen LogP contribution in [0.4, 0.5) is 10.1 Å². The van der Waals surface area contributed by atoms with E-state index in [9.17, 15) is 14.0 Å². The molecule has 1 saturated carbocycles. The Bertz CT molecular complexity index is 495. The molecule has 1 aromatic rings. The lowest BCUT2D eigenvalue weighted by molar-refractivity contribution is -0.158. The van der Waals surface area contributed by atoms with E-state index < -0.39 is 12.0 Å². The molecule has 0 saturated heterocycles. The highest BCUT2D eigenvalue weighted by molar-refractivity contribution is 5.95. The molecule has 2 rings (SSSR count). The van der Waals surface area contributed by atoms with Crippen molar-refractivity contribution in [3.8, 4) is 0 Å². The number of carbonyl (C=O) groups is 2. The molecular formula is C16H20FNO3. The lowest BCUT2D eigenvalue weighted by atomic mass is 9.89. The number of benzene rings is 1. The summed E-state index contributed by atoms with van der Waals surface area (Å²) in [6.07, 6.45) is 4.05. The first-order chi connectivity index (χ1) is 10.1. The highest BCUT2D eigenvalue weighted by Crippen LogP contribution is 2.25. The molecule has 1 aliphatic carbocycles. The van der Waals surface area contributed by atoms with E-state index in [2.05, 4.69) is 5.32 Å². The van der Waals surface area contributed by atoms with Gasteiger partial charge in [0.2, 0.25) is 0 Å². The lowest BCUT2D eigenvalue weighted by Gasteiger charge is -2.22. The minimum absolute atomic E-state index is 0.0835. The Hall–Kier alpha value is -1.91. The predicted molar refractivity (Wildman–Crippen MR) is 77.2 cm³/mol. The van der Waals surface area contributed by atoms with Gasteiger partial charge in [-0.1, -0.05) is 19.3 Å². The highest BCUT2D eigenvalue weighted by Gasteiger charge is 2.26. The molecule has 0 aliphatic heterocycles. The van der Waals surface area contributed by atoms with Gasteiger partial charge in [0.05, 0.1) is 5.92 Å². The molecule has 0 aromatic heterocycles. The first-order valence-corrected chi connectivity index (χ1v) is 7.33. The largest absolute Gasteiger partial charge is 0.452 e. The van der Waals surface area contributed by atoms with Gasteiger partial charge < -0.3 is 10.1 Å². The van der Waals surface area contributed by atoms with Crippen LogP contribution in [-0.4, -0.2) is 18.0 Å². The van der Waals surface area contributed by atoms with Crippen molar-refractivity contribution in [2.24, 2.45) is 5.92 Å². The number of hydrogen-bond donors (Lipinski definition) is 1. The van der Waals surface area contributed by atoms with Gasteiger partial charge in [-0.3, -0.25) is 9.59 Å². The third-order valence-electron chi connectivity index (χ3n) is 3.71. The fraction of sp³-hybridized carbons (Fsp3) is 0.500. The normalized spacial score (nSPS) is 17.0. The van der Waals surface area contributed by atoms with Crippen LogP contribution in [0.15, 0.2) is 24.3 Å². The van der Waals surface area contributed by atoms with Crippen molar-refractivity contribution in [1.29, 1.82) is 0 Å². The molecule has 0 heterocycles. The van der Waals surface area contributed by atoms with E-state index in [0.29, 0.717) is 5.69 Å². The van der Waals surface area contributed by atoms with Gasteiger partial charge in [0, 0.05) is 5.69 Å². The number of esters is 1. The standard InChI is InChI=1S/C16H20FNO3/c1-11(21-16(20)12-5-3-2-4-6-12)15(19)18-14-9-7-13(17)8-10-14/h7-12H,2-6H2,1H3,(H,18,19). The molecule has 1 unspecified atom stereocenters. The van der Waals surface area contributed by atoms with Gasteiger partial charge in [-0.15, -0.1) is 0 Å². The SMILES string of the molecule is CC(OC(=O)C1CCCCC1)C(=O)Nc1ccc(F)cc1. The van der Waals surface area contributed by atoms with Crippen molar-refractivity contribution >= 4 is 17.6 Å². The van der Waals surface area contributed by atoms with Crippen LogP contribution in [0, 0.1) is 11.7 Å². The van der Waals surface area contributed by atoms with Gasteiger partial charge in [-0.05, 0) is 44.0 Å². The molecule has 0 spiro atoms. The number of carbonyl (C=O) groups excluding carboxylic acids is 2. The van der Waals surface area contributed by atoms with E-state index in [1.807, 2.05) is 0 Å². The summed E-state index contributed by atoms with van der Waals surface area (Å²) in [6, 6.07) is 5.44. The predicted octanol–water partition coefficient (Wildman–Crippen LogP) is 3.28. The van der Waals surface area contributed by atoms with Gasteiger partial charge in [0.15, 0.2) is 6.10 Å². The molecule has 5 heteroatoms. The Morgan fingerprint density at radius 2 is 1.81 bits per heavy atom. The zero-order valence-electron chi connectivity index (χ0n) is 12.1. The van der Waals surface area contributed by atoms with Crippen molar-refractivity contribution in [3.63, 3.8) is 0 Å². The second kappa shape index (κ2) is 7.20. The van der Waals surface area contributed by atoms with Gasteiger partial charge in [0.25, 0.3) is 5.91 Å². The molecular weight excluding hydrogens is 273 g/mol. The van der Waals surface area contributed by atoms with Gasteiger partial charge in [0.1, 0.15) is 5.82 Å². The molecule has 1 fully saturated rings. The van der Waals surface area contributed by atoms with E-state index in [-0.39, 0.29) is 17.7 Å². The summed E-state index contributed by atoms with van der Waals surface area (Å²) in [4.78, 5) is 23.9. The highest BCUT2D eigenvalue weighted by atomic mass is 19.1. The topological polar surface area (TPSA) is 55.4 Å². The summed E-state index contributed by atoms with van der Waals surface area (Å²) >= 11 is 0. The van der Waals surface area contributed by atoms with Crippen molar-refractivity contribution < 1.29 is 18.7 Å². The van der Waals surface area contributed by atoms with Crippen LogP contribution in [0.1, 0.15) is 39.0 Å². The molecule has 1 aromatic carbocycles. The van der Waals surface area contributed by atoms with Crippen LogP contribution >= 0.6 is 0 Å². The summed E-state index contributed by atoms with van der Waals surface area (Å²) in [5.74, 6) is -1.16. The average Bonchev–Trinajstić information content (AvgIpc) is 2.50. The van der Waals surface area contributed by atoms with E-state index in [1.165, 1.54) is 24.3 Å². The fourth-order valence-corrected chi connectivity index (χ4v) is 2.44. The van der Waals surface area contributed by atoms with Crippen LogP contribution in [0.2, 0.25) is 0 Å². The van der Waals surface area contributed by atoms with Crippen LogP contribution in [0.5, 0.6) is 0 Å². The van der Waals surface area contributed by atoms with Crippen LogP contribution in [0.3, 0.4) is 0 Å². The number of rotatable bonds is 4. The van der Waals surface area contributed by atoms with Crippen LogP contribution < -0.4 is 5.32 Å². The first-order valence-electron chi connectivity index (χ1n) is 7.33. The molecule has 0 bridgehead atoms. The maximum absolute atomic E-state index is 12.8. The molecule has 21 heavy (non-hydrogen) atoms. The van der Waals surface area contributed by atoms with Crippen molar-refractivity contribution in [3.05, 3.63) is 30.1 Å². The Kier molecular flexibility index (Phi) is 5.31. The lowest BCUT2D eigenvalue weighted by Crippen LogP contribution is -2.32. The maximum atomic E-state index is 12.8. The van der Waals surface area contributed by atoms with E-state index in [4.69, 9.17) is 4.74 Å². The average molecular weight is 293 g/mol. The second-order valence-corrected chi connectivity index (χ2v) is 5.41. The summed E-state index contributed by atoms with van der Waals surface area (Å²) in [5.41, 5.74) is 0.474. The zero-order chi connectivity index (χ0) is 15.2. The summed E-state index contributed by atoms with van der Waals surface area (Å²) in [6.45, 7) is 1.54. The molecule has 1 amide bonds. The molecule has 1 N–H and O–H groups in total. The fourth-order valence-electron chi connectivity index (χ4n) is 2.44. The number of nitrogens with one attached hydrogen (secondary N) is 1. The molecule has 0 radical (unpaired) electrons. The smallest absolute Gasteiger partial charge is 0.309 e. The summed E-state index contributed by atoms with van der Waals surface area (Å²) in [7, 11) is 0. The summed E-state index contributed by atoms with van der Waals surface area (Å²) < 4.78 is 18.0. The number of halogens is 1. The quantitative estimate of drug-likeness (QED) is 0.867. The molecule has 1 atom stereocenters. The third-order valence-corrected chi connectivity index (χ3v) is 3.71. The number of amides is 1. The van der Waals surface area contributed by atoms with Crippen molar-refractivity contribution in [2.45, 2.75) is 45.1 Å². The Balaban J connectivity index is 1.84. The Morgan fingerprint density at radius 1 is 1.19 bits per heavy atom. The first kappa shape index (κ1) is 15.5. The molecule has 1 aliphatic rings. The zero-order valence-corrected chi connectivity index (χ0v) is 12.1. The number of anilines is 1. The second-order valence-electron chi connectivity index (χ2n) is 5.41. The van der Waals surface area contributed by atoms with Crippen LogP contribution in [0.25, 0.3) is 0 Å². The number of hydrogen-bond acceptors (Lipinski definition) is 3. The monoisotopic (exact) mass is 293 g/mol. The van der Waals surface area contributed by atoms with Gasteiger partial charge in [-0.2, -0.15) is 0 Å². The molecule has 4 nitrogen and oxygen atoms in total. The van der Waals surface area contributed by atoms with E-state index in [0.717, 1.165) is 32.1 Å². The Labute approximate surface area is 123 Å². The van der Waals surface area contributed by atoms with E-state index in [1.54, 1.807) is 6.92 Å². The van der Waals surface area contributed by atoms with E-state index >= 15 is 0 Å². The minimum Gasteiger partial charge on any atom is -0.452 e.